The van der Waals surface area contributed by atoms with Gasteiger partial charge in [0.05, 0.1) is 7.11 Å². The summed E-state index contributed by atoms with van der Waals surface area (Å²) in [4.78, 5) is 0. The van der Waals surface area contributed by atoms with Gasteiger partial charge in [-0.3, -0.25) is 0 Å². The van der Waals surface area contributed by atoms with Crippen LogP contribution in [0.5, 0.6) is 11.5 Å². The maximum Gasteiger partial charge on any atom is 0.161 e. The van der Waals surface area contributed by atoms with Crippen molar-refractivity contribution in [3.05, 3.63) is 35.4 Å². The molecule has 0 fully saturated rings. The quantitative estimate of drug-likeness (QED) is 0.862. The highest BCUT2D eigenvalue weighted by Gasteiger charge is 2.08. The molecule has 88 valence electrons. The van der Waals surface area contributed by atoms with E-state index in [1.54, 1.807) is 7.11 Å². The molecule has 16 heavy (non-hydrogen) atoms. The molecular formula is C12H16ClNO2. The van der Waals surface area contributed by atoms with Crippen LogP contribution >= 0.6 is 11.6 Å². The first-order chi connectivity index (χ1) is 7.54. The average molecular weight is 242 g/mol. The Kier molecular flexibility index (Phi) is 4.65. The molecule has 2 N–H and O–H groups in total. The highest BCUT2D eigenvalue weighted by atomic mass is 35.5. The fraction of sp³-hybridized carbons (Fsp3) is 0.333. The summed E-state index contributed by atoms with van der Waals surface area (Å²) in [5.74, 6) is 1.28. The largest absolute Gasteiger partial charge is 0.493 e. The number of nitrogens with two attached hydrogens (primary N) is 1. The van der Waals surface area contributed by atoms with Crippen molar-refractivity contribution in [2.24, 2.45) is 5.73 Å². The lowest BCUT2D eigenvalue weighted by Gasteiger charge is -2.13. The van der Waals surface area contributed by atoms with Gasteiger partial charge >= 0.3 is 0 Å². The maximum absolute atomic E-state index is 5.78. The van der Waals surface area contributed by atoms with E-state index >= 15 is 0 Å². The summed E-state index contributed by atoms with van der Waals surface area (Å²) in [6.07, 6.45) is 0. The summed E-state index contributed by atoms with van der Waals surface area (Å²) in [5.41, 5.74) is 6.77. The first kappa shape index (κ1) is 12.9. The molecule has 0 aromatic heterocycles. The predicted molar refractivity (Wildman–Crippen MR) is 66.1 cm³/mol. The Hall–Kier alpha value is -1.19. The fourth-order valence-electron chi connectivity index (χ4n) is 1.24. The zero-order valence-electron chi connectivity index (χ0n) is 9.50. The van der Waals surface area contributed by atoms with Crippen LogP contribution < -0.4 is 15.2 Å². The van der Waals surface area contributed by atoms with E-state index in [1.165, 1.54) is 0 Å². The molecule has 3 nitrogen and oxygen atoms in total. The van der Waals surface area contributed by atoms with Crippen molar-refractivity contribution >= 4 is 11.6 Å². The topological polar surface area (TPSA) is 44.5 Å². The lowest BCUT2D eigenvalue weighted by Crippen LogP contribution is -2.06. The van der Waals surface area contributed by atoms with E-state index in [0.717, 1.165) is 5.56 Å². The molecule has 1 aromatic rings. The van der Waals surface area contributed by atoms with Gasteiger partial charge in [0.2, 0.25) is 0 Å². The molecule has 0 saturated carbocycles. The summed E-state index contributed by atoms with van der Waals surface area (Å²) in [7, 11) is 1.59. The number of benzene rings is 1. The van der Waals surface area contributed by atoms with Crippen LogP contribution in [0.1, 0.15) is 18.5 Å². The maximum atomic E-state index is 5.78. The van der Waals surface area contributed by atoms with E-state index in [-0.39, 0.29) is 12.6 Å². The second-order valence-corrected chi connectivity index (χ2v) is 4.04. The number of methoxy groups -OCH3 is 1. The van der Waals surface area contributed by atoms with Crippen LogP contribution in [-0.4, -0.2) is 13.7 Å². The summed E-state index contributed by atoms with van der Waals surface area (Å²) in [6.45, 7) is 5.72. The summed E-state index contributed by atoms with van der Waals surface area (Å²) >= 11 is 5.62. The molecule has 0 unspecified atom stereocenters. The molecule has 0 heterocycles. The summed E-state index contributed by atoms with van der Waals surface area (Å²) in [5, 5.41) is 0.443. The number of halogens is 1. The second-order valence-electron chi connectivity index (χ2n) is 3.50. The molecule has 1 rings (SSSR count). The van der Waals surface area contributed by atoms with Crippen molar-refractivity contribution < 1.29 is 9.47 Å². The molecule has 0 spiro atoms. The Labute approximate surface area is 101 Å². The van der Waals surface area contributed by atoms with Crippen molar-refractivity contribution in [2.45, 2.75) is 13.0 Å². The number of hydrogen-bond acceptors (Lipinski definition) is 3. The zero-order valence-corrected chi connectivity index (χ0v) is 10.3. The lowest BCUT2D eigenvalue weighted by molar-refractivity contribution is 0.323. The van der Waals surface area contributed by atoms with E-state index in [2.05, 4.69) is 6.58 Å². The predicted octanol–water partition coefficient (Wildman–Crippen LogP) is 2.85. The summed E-state index contributed by atoms with van der Waals surface area (Å²) < 4.78 is 10.6. The minimum atomic E-state index is -0.0362. The normalized spacial score (nSPS) is 12.0. The molecule has 0 bridgehead atoms. The van der Waals surface area contributed by atoms with E-state index in [1.807, 2.05) is 25.1 Å². The first-order valence-corrected chi connectivity index (χ1v) is 5.32. The van der Waals surface area contributed by atoms with Crippen molar-refractivity contribution in [3.8, 4) is 11.5 Å². The Morgan fingerprint density at radius 1 is 1.50 bits per heavy atom. The van der Waals surface area contributed by atoms with Crippen molar-refractivity contribution in [1.29, 1.82) is 0 Å². The smallest absolute Gasteiger partial charge is 0.161 e. The van der Waals surface area contributed by atoms with Crippen LogP contribution in [0.2, 0.25) is 0 Å². The van der Waals surface area contributed by atoms with Crippen LogP contribution in [0.3, 0.4) is 0 Å². The molecule has 1 atom stereocenters. The standard InChI is InChI=1S/C12H16ClNO2/c1-8(13)7-16-11-5-4-10(9(2)14)6-12(11)15-3/h4-6,9H,1,7,14H2,2-3H3/t9-/m0/s1. The van der Waals surface area contributed by atoms with Gasteiger partial charge in [-0.05, 0) is 24.6 Å². The number of rotatable bonds is 5. The van der Waals surface area contributed by atoms with E-state index < -0.39 is 0 Å². The first-order valence-electron chi connectivity index (χ1n) is 4.94. The minimum Gasteiger partial charge on any atom is -0.493 e. The van der Waals surface area contributed by atoms with Gasteiger partial charge in [-0.2, -0.15) is 0 Å². The van der Waals surface area contributed by atoms with E-state index in [4.69, 9.17) is 26.8 Å². The number of ether oxygens (including phenoxy) is 2. The van der Waals surface area contributed by atoms with E-state index in [9.17, 15) is 0 Å². The molecular weight excluding hydrogens is 226 g/mol. The van der Waals surface area contributed by atoms with Gasteiger partial charge in [-0.1, -0.05) is 24.2 Å². The number of hydrogen-bond donors (Lipinski definition) is 1. The summed E-state index contributed by atoms with van der Waals surface area (Å²) in [6, 6.07) is 5.54. The minimum absolute atomic E-state index is 0.0362. The lowest BCUT2D eigenvalue weighted by atomic mass is 10.1. The van der Waals surface area contributed by atoms with Crippen molar-refractivity contribution in [3.63, 3.8) is 0 Å². The highest BCUT2D eigenvalue weighted by Crippen LogP contribution is 2.30. The molecule has 0 aliphatic rings. The third-order valence-corrected chi connectivity index (χ3v) is 2.21. The van der Waals surface area contributed by atoms with Gasteiger partial charge in [-0.25, -0.2) is 0 Å². The molecule has 0 amide bonds. The molecule has 1 aromatic carbocycles. The second kappa shape index (κ2) is 5.77. The third kappa shape index (κ3) is 3.43. The van der Waals surface area contributed by atoms with Gasteiger partial charge < -0.3 is 15.2 Å². The average Bonchev–Trinajstić information content (AvgIpc) is 2.25. The Balaban J connectivity index is 2.88. The van der Waals surface area contributed by atoms with Crippen LogP contribution in [-0.2, 0) is 0 Å². The Bertz CT molecular complexity index is 377. The Morgan fingerprint density at radius 3 is 2.69 bits per heavy atom. The Morgan fingerprint density at radius 2 is 2.19 bits per heavy atom. The highest BCUT2D eigenvalue weighted by molar-refractivity contribution is 6.29. The van der Waals surface area contributed by atoms with E-state index in [0.29, 0.717) is 16.5 Å². The molecule has 0 radical (unpaired) electrons. The fourth-order valence-corrected chi connectivity index (χ4v) is 1.30. The van der Waals surface area contributed by atoms with Gasteiger partial charge in [0, 0.05) is 11.1 Å². The van der Waals surface area contributed by atoms with Crippen LogP contribution in [0.25, 0.3) is 0 Å². The van der Waals surface area contributed by atoms with Crippen molar-refractivity contribution in [2.75, 3.05) is 13.7 Å². The van der Waals surface area contributed by atoms with Crippen LogP contribution in [0.4, 0.5) is 0 Å². The van der Waals surface area contributed by atoms with Gasteiger partial charge in [-0.15, -0.1) is 0 Å². The molecule has 4 heteroatoms. The molecule has 0 aliphatic carbocycles. The SMILES string of the molecule is C=C(Cl)COc1ccc([C@H](C)N)cc1OC. The van der Waals surface area contributed by atoms with Crippen LogP contribution in [0.15, 0.2) is 29.8 Å². The molecule has 0 saturated heterocycles. The third-order valence-electron chi connectivity index (χ3n) is 2.10. The van der Waals surface area contributed by atoms with Crippen LogP contribution in [0, 0.1) is 0 Å². The van der Waals surface area contributed by atoms with Gasteiger partial charge in [0.15, 0.2) is 11.5 Å². The monoisotopic (exact) mass is 241 g/mol. The molecule has 0 aliphatic heterocycles. The van der Waals surface area contributed by atoms with Gasteiger partial charge in [0.1, 0.15) is 6.61 Å². The van der Waals surface area contributed by atoms with Crippen molar-refractivity contribution in [1.82, 2.24) is 0 Å². The van der Waals surface area contributed by atoms with Gasteiger partial charge in [0.25, 0.3) is 0 Å². The zero-order chi connectivity index (χ0) is 12.1.